The van der Waals surface area contributed by atoms with Gasteiger partial charge in [0.1, 0.15) is 5.75 Å². The zero-order valence-electron chi connectivity index (χ0n) is 11.0. The minimum Gasteiger partial charge on any atom is -0.508 e. The third kappa shape index (κ3) is 6.71. The van der Waals surface area contributed by atoms with Crippen molar-refractivity contribution in [3.63, 3.8) is 0 Å². The molecule has 0 radical (unpaired) electrons. The van der Waals surface area contributed by atoms with Crippen molar-refractivity contribution in [2.24, 2.45) is 5.92 Å². The summed E-state index contributed by atoms with van der Waals surface area (Å²) >= 11 is 1.30. The van der Waals surface area contributed by atoms with Crippen LogP contribution in [-0.4, -0.2) is 29.3 Å². The van der Waals surface area contributed by atoms with Crippen LogP contribution in [0.2, 0.25) is 0 Å². The van der Waals surface area contributed by atoms with Crippen LogP contribution in [0.25, 0.3) is 0 Å². The van der Waals surface area contributed by atoms with Crippen LogP contribution < -0.4 is 10.6 Å². The predicted octanol–water partition coefficient (Wildman–Crippen LogP) is 1.97. The summed E-state index contributed by atoms with van der Waals surface area (Å²) in [6, 6.07) is 6.06. The van der Waals surface area contributed by atoms with Crippen molar-refractivity contribution in [2.75, 3.05) is 12.3 Å². The van der Waals surface area contributed by atoms with E-state index < -0.39 is 6.03 Å². The van der Waals surface area contributed by atoms with E-state index in [1.807, 2.05) is 13.8 Å². The summed E-state index contributed by atoms with van der Waals surface area (Å²) in [6.07, 6.45) is 0. The highest BCUT2D eigenvalue weighted by atomic mass is 32.2. The Bertz CT molecular complexity index is 432. The van der Waals surface area contributed by atoms with Gasteiger partial charge in [-0.15, -0.1) is 11.8 Å². The molecular formula is C13H18N2O3S. The van der Waals surface area contributed by atoms with E-state index in [0.717, 1.165) is 4.90 Å². The van der Waals surface area contributed by atoms with E-state index in [0.29, 0.717) is 12.5 Å². The lowest BCUT2D eigenvalue weighted by atomic mass is 10.2. The van der Waals surface area contributed by atoms with E-state index in [4.69, 9.17) is 5.11 Å². The van der Waals surface area contributed by atoms with Crippen LogP contribution in [-0.2, 0) is 4.79 Å². The van der Waals surface area contributed by atoms with Gasteiger partial charge in [-0.2, -0.15) is 0 Å². The van der Waals surface area contributed by atoms with Crippen molar-refractivity contribution in [1.82, 2.24) is 10.6 Å². The number of hydrogen-bond donors (Lipinski definition) is 3. The summed E-state index contributed by atoms with van der Waals surface area (Å²) in [5.41, 5.74) is 0. The summed E-state index contributed by atoms with van der Waals surface area (Å²) in [4.78, 5) is 23.7. The molecule has 0 bridgehead atoms. The summed E-state index contributed by atoms with van der Waals surface area (Å²) in [7, 11) is 0. The van der Waals surface area contributed by atoms with E-state index in [2.05, 4.69) is 10.6 Å². The predicted molar refractivity (Wildman–Crippen MR) is 75.2 cm³/mol. The summed E-state index contributed by atoms with van der Waals surface area (Å²) < 4.78 is 0. The Hall–Kier alpha value is -1.69. The monoisotopic (exact) mass is 282 g/mol. The first-order valence-corrected chi connectivity index (χ1v) is 6.95. The Kier molecular flexibility index (Phi) is 6.21. The van der Waals surface area contributed by atoms with Crippen LogP contribution in [0.1, 0.15) is 13.8 Å². The minimum atomic E-state index is -0.468. The molecule has 6 heteroatoms. The van der Waals surface area contributed by atoms with Crippen LogP contribution in [0.5, 0.6) is 5.75 Å². The van der Waals surface area contributed by atoms with Crippen LogP contribution >= 0.6 is 11.8 Å². The number of nitrogens with one attached hydrogen (secondary N) is 2. The molecule has 0 aliphatic carbocycles. The maximum atomic E-state index is 11.5. The Morgan fingerprint density at radius 3 is 2.47 bits per heavy atom. The number of aromatic hydroxyl groups is 1. The van der Waals surface area contributed by atoms with Crippen molar-refractivity contribution in [2.45, 2.75) is 18.7 Å². The molecule has 104 valence electrons. The van der Waals surface area contributed by atoms with Crippen molar-refractivity contribution >= 4 is 23.7 Å². The lowest BCUT2D eigenvalue weighted by Gasteiger charge is -2.08. The van der Waals surface area contributed by atoms with Gasteiger partial charge in [0.2, 0.25) is 5.91 Å². The van der Waals surface area contributed by atoms with Gasteiger partial charge in [-0.05, 0) is 30.2 Å². The highest BCUT2D eigenvalue weighted by Gasteiger charge is 2.08. The molecule has 0 saturated heterocycles. The minimum absolute atomic E-state index is 0.153. The Balaban J connectivity index is 2.27. The molecule has 0 aliphatic heterocycles. The second-order valence-corrected chi connectivity index (χ2v) is 5.48. The number of hydrogen-bond acceptors (Lipinski definition) is 4. The Labute approximate surface area is 116 Å². The van der Waals surface area contributed by atoms with Gasteiger partial charge in [-0.3, -0.25) is 10.1 Å². The second-order valence-electron chi connectivity index (χ2n) is 4.43. The quantitative estimate of drug-likeness (QED) is 0.721. The fourth-order valence-corrected chi connectivity index (χ4v) is 1.89. The molecule has 0 atom stereocenters. The molecule has 0 saturated carbocycles. The average molecular weight is 282 g/mol. The van der Waals surface area contributed by atoms with Crippen LogP contribution in [0.4, 0.5) is 4.79 Å². The third-order valence-electron chi connectivity index (χ3n) is 2.13. The number of carbonyl (C=O) groups excluding carboxylic acids is 2. The molecule has 19 heavy (non-hydrogen) atoms. The van der Waals surface area contributed by atoms with E-state index in [1.165, 1.54) is 11.8 Å². The number of rotatable bonds is 5. The molecule has 3 N–H and O–H groups in total. The molecule has 0 spiro atoms. The number of thioether (sulfide) groups is 1. The number of urea groups is 1. The molecule has 0 fully saturated rings. The zero-order valence-corrected chi connectivity index (χ0v) is 11.8. The summed E-state index contributed by atoms with van der Waals surface area (Å²) in [6.45, 7) is 4.48. The van der Waals surface area contributed by atoms with Crippen LogP contribution in [0.15, 0.2) is 29.2 Å². The number of benzene rings is 1. The molecular weight excluding hydrogens is 264 g/mol. The molecule has 1 aromatic carbocycles. The van der Waals surface area contributed by atoms with E-state index in [9.17, 15) is 9.59 Å². The van der Waals surface area contributed by atoms with Crippen molar-refractivity contribution < 1.29 is 14.7 Å². The molecule has 1 rings (SSSR count). The zero-order chi connectivity index (χ0) is 14.3. The standard InChI is InChI=1S/C13H18N2O3S/c1-9(2)7-14-13(18)15-12(17)8-19-11-5-3-10(16)4-6-11/h3-6,9,16H,7-8H2,1-2H3,(H2,14,15,17,18). The van der Waals surface area contributed by atoms with Crippen molar-refractivity contribution in [1.29, 1.82) is 0 Å². The topological polar surface area (TPSA) is 78.4 Å². The highest BCUT2D eigenvalue weighted by Crippen LogP contribution is 2.20. The van der Waals surface area contributed by atoms with Crippen LogP contribution in [0.3, 0.4) is 0 Å². The summed E-state index contributed by atoms with van der Waals surface area (Å²) in [5, 5.41) is 14.0. The van der Waals surface area contributed by atoms with Gasteiger partial charge in [0, 0.05) is 11.4 Å². The van der Waals surface area contributed by atoms with Crippen LogP contribution in [0, 0.1) is 5.92 Å². The number of phenols is 1. The van der Waals surface area contributed by atoms with Gasteiger partial charge in [-0.25, -0.2) is 4.79 Å². The first-order chi connectivity index (χ1) is 8.97. The fraction of sp³-hybridized carbons (Fsp3) is 0.385. The van der Waals surface area contributed by atoms with E-state index in [1.54, 1.807) is 24.3 Å². The number of amides is 3. The smallest absolute Gasteiger partial charge is 0.321 e. The maximum Gasteiger partial charge on any atom is 0.321 e. The lowest BCUT2D eigenvalue weighted by Crippen LogP contribution is -2.41. The lowest BCUT2D eigenvalue weighted by molar-refractivity contribution is -0.117. The number of phenolic OH excluding ortho intramolecular Hbond substituents is 1. The summed E-state index contributed by atoms with van der Waals surface area (Å²) in [5.74, 6) is 0.327. The molecule has 5 nitrogen and oxygen atoms in total. The van der Waals surface area contributed by atoms with E-state index in [-0.39, 0.29) is 17.4 Å². The number of imide groups is 1. The average Bonchev–Trinajstić information content (AvgIpc) is 2.36. The second kappa shape index (κ2) is 7.68. The molecule has 0 heterocycles. The van der Waals surface area contributed by atoms with Gasteiger partial charge < -0.3 is 10.4 Å². The third-order valence-corrected chi connectivity index (χ3v) is 3.14. The number of carbonyl (C=O) groups is 2. The Morgan fingerprint density at radius 2 is 1.89 bits per heavy atom. The maximum absolute atomic E-state index is 11.5. The van der Waals surface area contributed by atoms with Crippen molar-refractivity contribution in [3.8, 4) is 5.75 Å². The van der Waals surface area contributed by atoms with Crippen molar-refractivity contribution in [3.05, 3.63) is 24.3 Å². The van der Waals surface area contributed by atoms with Gasteiger partial charge in [0.05, 0.1) is 5.75 Å². The van der Waals surface area contributed by atoms with E-state index >= 15 is 0 Å². The fourth-order valence-electron chi connectivity index (χ4n) is 1.19. The Morgan fingerprint density at radius 1 is 1.26 bits per heavy atom. The van der Waals surface area contributed by atoms with Gasteiger partial charge in [0.15, 0.2) is 0 Å². The highest BCUT2D eigenvalue weighted by molar-refractivity contribution is 8.00. The largest absolute Gasteiger partial charge is 0.508 e. The molecule has 3 amide bonds. The molecule has 0 aliphatic rings. The SMILES string of the molecule is CC(C)CNC(=O)NC(=O)CSc1ccc(O)cc1. The van der Waals surface area contributed by atoms with Gasteiger partial charge in [0.25, 0.3) is 0 Å². The molecule has 0 aromatic heterocycles. The van der Waals surface area contributed by atoms with Gasteiger partial charge in [-0.1, -0.05) is 13.8 Å². The molecule has 1 aromatic rings. The normalized spacial score (nSPS) is 10.3. The first-order valence-electron chi connectivity index (χ1n) is 5.97. The molecule has 0 unspecified atom stereocenters. The van der Waals surface area contributed by atoms with Gasteiger partial charge >= 0.3 is 6.03 Å². The first kappa shape index (κ1) is 15.4.